The van der Waals surface area contributed by atoms with Crippen molar-refractivity contribution in [1.29, 1.82) is 0 Å². The maximum absolute atomic E-state index is 11.7. The average molecular weight is 247 g/mol. The van der Waals surface area contributed by atoms with Crippen LogP contribution in [-0.4, -0.2) is 16.0 Å². The first kappa shape index (κ1) is 11.8. The highest BCUT2D eigenvalue weighted by atomic mass is 16.6. The molecule has 0 aliphatic rings. The van der Waals surface area contributed by atoms with Gasteiger partial charge in [0.25, 0.3) is 11.6 Å². The fourth-order valence-electron chi connectivity index (χ4n) is 1.33. The lowest BCUT2D eigenvalue weighted by atomic mass is 10.2. The van der Waals surface area contributed by atoms with Gasteiger partial charge in [0.1, 0.15) is 0 Å². The quantitative estimate of drug-likeness (QED) is 0.661. The second kappa shape index (κ2) is 4.66. The van der Waals surface area contributed by atoms with Crippen LogP contribution in [0.2, 0.25) is 0 Å². The number of anilines is 1. The van der Waals surface area contributed by atoms with Crippen LogP contribution in [0.1, 0.15) is 16.2 Å². The molecule has 1 heterocycles. The van der Waals surface area contributed by atoms with E-state index in [2.05, 4.69) is 10.5 Å². The number of aromatic nitrogens is 1. The second-order valence-electron chi connectivity index (χ2n) is 3.59. The summed E-state index contributed by atoms with van der Waals surface area (Å²) in [6.07, 6.45) is 0. The monoisotopic (exact) mass is 247 g/mol. The van der Waals surface area contributed by atoms with E-state index in [4.69, 9.17) is 4.52 Å². The second-order valence-corrected chi connectivity index (χ2v) is 3.59. The van der Waals surface area contributed by atoms with Crippen LogP contribution in [0.3, 0.4) is 0 Å². The average Bonchev–Trinajstić information content (AvgIpc) is 2.76. The Labute approximate surface area is 102 Å². The van der Waals surface area contributed by atoms with Gasteiger partial charge in [0.15, 0.2) is 0 Å². The minimum absolute atomic E-state index is 0.0384. The van der Waals surface area contributed by atoms with Gasteiger partial charge in [-0.2, -0.15) is 0 Å². The van der Waals surface area contributed by atoms with Crippen molar-refractivity contribution in [3.05, 3.63) is 51.9 Å². The van der Waals surface area contributed by atoms with Gasteiger partial charge in [0.2, 0.25) is 5.76 Å². The molecule has 0 unspecified atom stereocenters. The summed E-state index contributed by atoms with van der Waals surface area (Å²) >= 11 is 0. The van der Waals surface area contributed by atoms with Crippen LogP contribution in [0.25, 0.3) is 0 Å². The smallest absolute Gasteiger partial charge is 0.294 e. The SMILES string of the molecule is Cc1cc(C(=O)Nc2ccc([N+](=O)[O-])cc2)on1. The Hall–Kier alpha value is -2.70. The van der Waals surface area contributed by atoms with E-state index in [0.29, 0.717) is 11.4 Å². The largest absolute Gasteiger partial charge is 0.351 e. The van der Waals surface area contributed by atoms with Crippen molar-refractivity contribution in [1.82, 2.24) is 5.16 Å². The minimum Gasteiger partial charge on any atom is -0.351 e. The number of carbonyl (C=O) groups is 1. The summed E-state index contributed by atoms with van der Waals surface area (Å²) in [6, 6.07) is 7.00. The zero-order valence-corrected chi connectivity index (χ0v) is 9.41. The van der Waals surface area contributed by atoms with Gasteiger partial charge in [-0.3, -0.25) is 14.9 Å². The summed E-state index contributed by atoms with van der Waals surface area (Å²) in [4.78, 5) is 21.6. The van der Waals surface area contributed by atoms with Gasteiger partial charge >= 0.3 is 0 Å². The van der Waals surface area contributed by atoms with E-state index < -0.39 is 10.8 Å². The Kier molecular flexibility index (Phi) is 3.05. The Balaban J connectivity index is 2.10. The third-order valence-electron chi connectivity index (χ3n) is 2.19. The normalized spacial score (nSPS) is 10.1. The molecule has 7 nitrogen and oxygen atoms in total. The summed E-state index contributed by atoms with van der Waals surface area (Å²) in [5, 5.41) is 16.6. The molecule has 0 fully saturated rings. The van der Waals surface area contributed by atoms with Gasteiger partial charge in [-0.15, -0.1) is 0 Å². The molecule has 0 saturated carbocycles. The van der Waals surface area contributed by atoms with E-state index in [0.717, 1.165) is 0 Å². The van der Waals surface area contributed by atoms with Crippen LogP contribution in [0.15, 0.2) is 34.9 Å². The molecule has 92 valence electrons. The Morgan fingerprint density at radius 3 is 2.56 bits per heavy atom. The molecule has 0 bridgehead atoms. The molecule has 0 aliphatic heterocycles. The lowest BCUT2D eigenvalue weighted by Crippen LogP contribution is -2.10. The van der Waals surface area contributed by atoms with Crippen LogP contribution >= 0.6 is 0 Å². The van der Waals surface area contributed by atoms with Crippen molar-refractivity contribution in [2.75, 3.05) is 5.32 Å². The highest BCUT2D eigenvalue weighted by Gasteiger charge is 2.12. The standard InChI is InChI=1S/C11H9N3O4/c1-7-6-10(18-13-7)11(15)12-8-2-4-9(5-3-8)14(16)17/h2-6H,1H3,(H,12,15). The van der Waals surface area contributed by atoms with E-state index in [1.165, 1.54) is 30.3 Å². The molecule has 7 heteroatoms. The zero-order valence-electron chi connectivity index (χ0n) is 9.41. The minimum atomic E-state index is -0.509. The van der Waals surface area contributed by atoms with E-state index in [9.17, 15) is 14.9 Å². The van der Waals surface area contributed by atoms with Crippen LogP contribution in [0.5, 0.6) is 0 Å². The molecule has 18 heavy (non-hydrogen) atoms. The van der Waals surface area contributed by atoms with Crippen LogP contribution in [0.4, 0.5) is 11.4 Å². The molecular formula is C11H9N3O4. The number of hydrogen-bond donors (Lipinski definition) is 1. The number of benzene rings is 1. The number of non-ortho nitro benzene ring substituents is 1. The lowest BCUT2D eigenvalue weighted by Gasteiger charge is -2.01. The number of carbonyl (C=O) groups excluding carboxylic acids is 1. The van der Waals surface area contributed by atoms with Crippen molar-refractivity contribution in [2.45, 2.75) is 6.92 Å². The summed E-state index contributed by atoms with van der Waals surface area (Å²) in [7, 11) is 0. The molecule has 0 spiro atoms. The highest BCUT2D eigenvalue weighted by molar-refractivity contribution is 6.02. The first-order valence-corrected chi connectivity index (χ1v) is 5.05. The molecule has 1 aromatic carbocycles. The van der Waals surface area contributed by atoms with Crippen molar-refractivity contribution < 1.29 is 14.2 Å². The Bertz CT molecular complexity index is 589. The van der Waals surface area contributed by atoms with Crippen LogP contribution in [-0.2, 0) is 0 Å². The van der Waals surface area contributed by atoms with Gasteiger partial charge in [-0.1, -0.05) is 5.16 Å². The summed E-state index contributed by atoms with van der Waals surface area (Å²) in [5.41, 5.74) is 1.01. The van der Waals surface area contributed by atoms with Gasteiger partial charge in [-0.25, -0.2) is 0 Å². The van der Waals surface area contributed by atoms with Crippen molar-refractivity contribution in [2.24, 2.45) is 0 Å². The van der Waals surface area contributed by atoms with E-state index in [1.54, 1.807) is 6.92 Å². The van der Waals surface area contributed by atoms with Crippen molar-refractivity contribution in [3.63, 3.8) is 0 Å². The number of nitro benzene ring substituents is 1. The number of nitro groups is 1. The topological polar surface area (TPSA) is 98.3 Å². The number of nitrogens with one attached hydrogen (secondary N) is 1. The zero-order chi connectivity index (χ0) is 13.1. The highest BCUT2D eigenvalue weighted by Crippen LogP contribution is 2.16. The molecule has 1 aromatic heterocycles. The summed E-state index contributed by atoms with van der Waals surface area (Å²) in [6.45, 7) is 1.70. The first-order chi connectivity index (χ1) is 8.56. The molecule has 0 aliphatic carbocycles. The van der Waals surface area contributed by atoms with E-state index >= 15 is 0 Å². The number of aryl methyl sites for hydroxylation is 1. The number of hydrogen-bond acceptors (Lipinski definition) is 5. The molecule has 1 amide bonds. The number of nitrogens with zero attached hydrogens (tertiary/aromatic N) is 2. The van der Waals surface area contributed by atoms with Gasteiger partial charge in [0.05, 0.1) is 10.6 Å². The van der Waals surface area contributed by atoms with Gasteiger partial charge in [0, 0.05) is 23.9 Å². The third-order valence-corrected chi connectivity index (χ3v) is 2.19. The van der Waals surface area contributed by atoms with Crippen LogP contribution in [0, 0.1) is 17.0 Å². The van der Waals surface area contributed by atoms with Crippen molar-refractivity contribution >= 4 is 17.3 Å². The molecule has 1 N–H and O–H groups in total. The first-order valence-electron chi connectivity index (χ1n) is 5.05. The van der Waals surface area contributed by atoms with E-state index in [-0.39, 0.29) is 11.4 Å². The molecule has 2 aromatic rings. The molecule has 0 atom stereocenters. The van der Waals surface area contributed by atoms with Gasteiger partial charge in [-0.05, 0) is 19.1 Å². The molecule has 2 rings (SSSR count). The Morgan fingerprint density at radius 2 is 2.06 bits per heavy atom. The predicted octanol–water partition coefficient (Wildman–Crippen LogP) is 2.14. The predicted molar refractivity (Wildman–Crippen MR) is 62.3 cm³/mol. The molecular weight excluding hydrogens is 238 g/mol. The summed E-state index contributed by atoms with van der Waals surface area (Å²) < 4.78 is 4.79. The Morgan fingerprint density at radius 1 is 1.39 bits per heavy atom. The van der Waals surface area contributed by atoms with Gasteiger partial charge < -0.3 is 9.84 Å². The molecule has 0 saturated heterocycles. The lowest BCUT2D eigenvalue weighted by molar-refractivity contribution is -0.384. The fourth-order valence-corrected chi connectivity index (χ4v) is 1.33. The summed E-state index contributed by atoms with van der Waals surface area (Å²) in [5.74, 6) is -0.365. The van der Waals surface area contributed by atoms with Crippen LogP contribution < -0.4 is 5.32 Å². The third kappa shape index (κ3) is 2.51. The maximum atomic E-state index is 11.7. The molecule has 0 radical (unpaired) electrons. The number of rotatable bonds is 3. The van der Waals surface area contributed by atoms with E-state index in [1.807, 2.05) is 0 Å². The number of amides is 1. The van der Waals surface area contributed by atoms with Crippen molar-refractivity contribution in [3.8, 4) is 0 Å². The maximum Gasteiger partial charge on any atom is 0.294 e. The fraction of sp³-hybridized carbons (Fsp3) is 0.0909.